The molecule has 0 unspecified atom stereocenters. The standard InChI is InChI=1S/C10H10ClNOS/c1-13-8-4-6(5-11)7-2-3-14-10(7)9(8)12/h2-4H,5,12H2,1H3. The number of nitrogens with two attached hydrogens (primary N) is 1. The van der Waals surface area contributed by atoms with E-state index >= 15 is 0 Å². The summed E-state index contributed by atoms with van der Waals surface area (Å²) in [5, 5.41) is 3.14. The summed E-state index contributed by atoms with van der Waals surface area (Å²) in [5.74, 6) is 1.18. The molecular formula is C10H10ClNOS. The number of thiophene rings is 1. The number of rotatable bonds is 2. The number of fused-ring (bicyclic) bond motifs is 1. The smallest absolute Gasteiger partial charge is 0.143 e. The second kappa shape index (κ2) is 3.67. The van der Waals surface area contributed by atoms with Crippen LogP contribution in [0.2, 0.25) is 0 Å². The van der Waals surface area contributed by atoms with Crippen LogP contribution < -0.4 is 10.5 Å². The van der Waals surface area contributed by atoms with Crippen LogP contribution in [0, 0.1) is 0 Å². The molecule has 2 aromatic rings. The van der Waals surface area contributed by atoms with Gasteiger partial charge >= 0.3 is 0 Å². The number of hydrogen-bond acceptors (Lipinski definition) is 3. The first-order valence-electron chi connectivity index (χ1n) is 4.16. The monoisotopic (exact) mass is 227 g/mol. The molecule has 0 saturated carbocycles. The van der Waals surface area contributed by atoms with Crippen molar-refractivity contribution in [1.29, 1.82) is 0 Å². The Balaban J connectivity index is 2.80. The van der Waals surface area contributed by atoms with Gasteiger partial charge in [-0.15, -0.1) is 22.9 Å². The molecular weight excluding hydrogens is 218 g/mol. The van der Waals surface area contributed by atoms with Crippen LogP contribution >= 0.6 is 22.9 Å². The number of benzene rings is 1. The fourth-order valence-electron chi connectivity index (χ4n) is 1.48. The minimum atomic E-state index is 0.476. The van der Waals surface area contributed by atoms with Crippen molar-refractivity contribution in [3.63, 3.8) is 0 Å². The third-order valence-corrected chi connectivity index (χ3v) is 3.43. The Morgan fingerprint density at radius 1 is 1.57 bits per heavy atom. The fourth-order valence-corrected chi connectivity index (χ4v) is 2.59. The van der Waals surface area contributed by atoms with Crippen LogP contribution in [0.25, 0.3) is 10.1 Å². The maximum Gasteiger partial charge on any atom is 0.143 e. The summed E-state index contributed by atoms with van der Waals surface area (Å²) in [6, 6.07) is 3.94. The van der Waals surface area contributed by atoms with Gasteiger partial charge in [0, 0.05) is 5.88 Å². The van der Waals surface area contributed by atoms with E-state index in [2.05, 4.69) is 0 Å². The van der Waals surface area contributed by atoms with E-state index in [4.69, 9.17) is 22.1 Å². The Kier molecular flexibility index (Phi) is 2.52. The normalized spacial score (nSPS) is 10.7. The number of methoxy groups -OCH3 is 1. The van der Waals surface area contributed by atoms with Crippen molar-refractivity contribution >= 4 is 38.7 Å². The Morgan fingerprint density at radius 2 is 2.36 bits per heavy atom. The van der Waals surface area contributed by atoms with E-state index in [0.29, 0.717) is 17.3 Å². The van der Waals surface area contributed by atoms with Gasteiger partial charge in [-0.05, 0) is 28.5 Å². The van der Waals surface area contributed by atoms with E-state index in [1.165, 1.54) is 0 Å². The number of halogens is 1. The third kappa shape index (κ3) is 1.33. The zero-order valence-electron chi connectivity index (χ0n) is 7.71. The van der Waals surface area contributed by atoms with E-state index < -0.39 is 0 Å². The fraction of sp³-hybridized carbons (Fsp3) is 0.200. The molecule has 0 aliphatic carbocycles. The molecule has 2 rings (SSSR count). The molecule has 0 saturated heterocycles. The van der Waals surface area contributed by atoms with E-state index in [1.54, 1.807) is 18.4 Å². The molecule has 4 heteroatoms. The van der Waals surface area contributed by atoms with Crippen molar-refractivity contribution in [3.8, 4) is 5.75 Å². The Bertz CT molecular complexity index is 466. The summed E-state index contributed by atoms with van der Waals surface area (Å²) in [7, 11) is 1.61. The minimum absolute atomic E-state index is 0.476. The minimum Gasteiger partial charge on any atom is -0.495 e. The topological polar surface area (TPSA) is 35.2 Å². The average Bonchev–Trinajstić information content (AvgIpc) is 2.68. The van der Waals surface area contributed by atoms with E-state index in [-0.39, 0.29) is 0 Å². The second-order valence-corrected chi connectivity index (χ2v) is 4.13. The lowest BCUT2D eigenvalue weighted by Gasteiger charge is -2.08. The predicted molar refractivity (Wildman–Crippen MR) is 62.3 cm³/mol. The van der Waals surface area contributed by atoms with Crippen molar-refractivity contribution in [1.82, 2.24) is 0 Å². The lowest BCUT2D eigenvalue weighted by molar-refractivity contribution is 0.417. The molecule has 0 amide bonds. The molecule has 14 heavy (non-hydrogen) atoms. The van der Waals surface area contributed by atoms with Gasteiger partial charge in [-0.2, -0.15) is 0 Å². The molecule has 1 aromatic carbocycles. The van der Waals surface area contributed by atoms with Gasteiger partial charge in [-0.3, -0.25) is 0 Å². The molecule has 1 aromatic heterocycles. The highest BCUT2D eigenvalue weighted by atomic mass is 35.5. The van der Waals surface area contributed by atoms with Crippen LogP contribution in [-0.2, 0) is 5.88 Å². The van der Waals surface area contributed by atoms with E-state index in [9.17, 15) is 0 Å². The predicted octanol–water partition coefficient (Wildman–Crippen LogP) is 3.23. The number of anilines is 1. The molecule has 0 fully saturated rings. The lowest BCUT2D eigenvalue weighted by atomic mass is 10.1. The van der Waals surface area contributed by atoms with Gasteiger partial charge in [-0.1, -0.05) is 0 Å². The maximum atomic E-state index is 5.94. The molecule has 1 heterocycles. The number of alkyl halides is 1. The van der Waals surface area contributed by atoms with E-state index in [0.717, 1.165) is 15.6 Å². The molecule has 2 nitrogen and oxygen atoms in total. The maximum absolute atomic E-state index is 5.94. The zero-order chi connectivity index (χ0) is 10.1. The van der Waals surface area contributed by atoms with Gasteiger partial charge in [0.25, 0.3) is 0 Å². The molecule has 74 valence electrons. The van der Waals surface area contributed by atoms with E-state index in [1.807, 2.05) is 17.5 Å². The SMILES string of the molecule is COc1cc(CCl)c2ccsc2c1N. The van der Waals surface area contributed by atoms with Crippen molar-refractivity contribution in [3.05, 3.63) is 23.1 Å². The first kappa shape index (κ1) is 9.62. The highest BCUT2D eigenvalue weighted by Crippen LogP contribution is 2.37. The molecule has 0 aliphatic heterocycles. The Hall–Kier alpha value is -0.930. The van der Waals surface area contributed by atoms with Crippen LogP contribution in [0.4, 0.5) is 5.69 Å². The number of nitrogen functional groups attached to an aromatic ring is 1. The highest BCUT2D eigenvalue weighted by molar-refractivity contribution is 7.17. The van der Waals surface area contributed by atoms with Crippen LogP contribution in [0.3, 0.4) is 0 Å². The number of hydrogen-bond donors (Lipinski definition) is 1. The first-order valence-corrected chi connectivity index (χ1v) is 5.58. The van der Waals surface area contributed by atoms with Gasteiger partial charge in [-0.25, -0.2) is 0 Å². The second-order valence-electron chi connectivity index (χ2n) is 2.95. The summed E-state index contributed by atoms with van der Waals surface area (Å²) in [6.07, 6.45) is 0. The highest BCUT2D eigenvalue weighted by Gasteiger charge is 2.10. The lowest BCUT2D eigenvalue weighted by Crippen LogP contribution is -1.94. The molecule has 0 spiro atoms. The molecule has 0 aliphatic rings. The van der Waals surface area contributed by atoms with Gasteiger partial charge in [0.05, 0.1) is 17.5 Å². The molecule has 0 bridgehead atoms. The Morgan fingerprint density at radius 3 is 3.00 bits per heavy atom. The largest absolute Gasteiger partial charge is 0.495 e. The summed E-state index contributed by atoms with van der Waals surface area (Å²) in [4.78, 5) is 0. The molecule has 2 N–H and O–H groups in total. The van der Waals surface area contributed by atoms with Crippen molar-refractivity contribution in [2.75, 3.05) is 12.8 Å². The van der Waals surface area contributed by atoms with Crippen LogP contribution in [0.15, 0.2) is 17.5 Å². The Labute approximate surface area is 91.2 Å². The van der Waals surface area contributed by atoms with Gasteiger partial charge in [0.1, 0.15) is 5.75 Å². The van der Waals surface area contributed by atoms with Gasteiger partial charge < -0.3 is 10.5 Å². The molecule has 0 atom stereocenters. The zero-order valence-corrected chi connectivity index (χ0v) is 9.28. The van der Waals surface area contributed by atoms with Crippen LogP contribution in [-0.4, -0.2) is 7.11 Å². The molecule has 0 radical (unpaired) electrons. The third-order valence-electron chi connectivity index (χ3n) is 2.19. The van der Waals surface area contributed by atoms with Crippen molar-refractivity contribution < 1.29 is 4.74 Å². The first-order chi connectivity index (χ1) is 6.77. The average molecular weight is 228 g/mol. The van der Waals surface area contributed by atoms with Gasteiger partial charge in [0.15, 0.2) is 0 Å². The quantitative estimate of drug-likeness (QED) is 0.632. The van der Waals surface area contributed by atoms with Crippen molar-refractivity contribution in [2.24, 2.45) is 0 Å². The number of ether oxygens (including phenoxy) is 1. The van der Waals surface area contributed by atoms with Crippen LogP contribution in [0.1, 0.15) is 5.56 Å². The van der Waals surface area contributed by atoms with Crippen molar-refractivity contribution in [2.45, 2.75) is 5.88 Å². The summed E-state index contributed by atoms with van der Waals surface area (Å²) in [6.45, 7) is 0. The summed E-state index contributed by atoms with van der Waals surface area (Å²) < 4.78 is 6.24. The van der Waals surface area contributed by atoms with Crippen LogP contribution in [0.5, 0.6) is 5.75 Å². The van der Waals surface area contributed by atoms with Gasteiger partial charge in [0.2, 0.25) is 0 Å². The summed E-state index contributed by atoms with van der Waals surface area (Å²) >= 11 is 7.46. The summed E-state index contributed by atoms with van der Waals surface area (Å²) in [5.41, 5.74) is 7.70.